The minimum absolute atomic E-state index is 0.203. The molecule has 0 amide bonds. The van der Waals surface area contributed by atoms with Crippen LogP contribution in [0.15, 0.2) is 48.5 Å². The summed E-state index contributed by atoms with van der Waals surface area (Å²) in [5.41, 5.74) is 6.42. The van der Waals surface area contributed by atoms with Crippen LogP contribution >= 0.6 is 0 Å². The van der Waals surface area contributed by atoms with E-state index in [1.54, 1.807) is 7.11 Å². The lowest BCUT2D eigenvalue weighted by atomic mass is 9.78. The monoisotopic (exact) mass is 559 g/mol. The summed E-state index contributed by atoms with van der Waals surface area (Å²) in [4.78, 5) is 2.37. The summed E-state index contributed by atoms with van der Waals surface area (Å²) in [7, 11) is 1.68. The Morgan fingerprint density at radius 2 is 0.829 bits per heavy atom. The van der Waals surface area contributed by atoms with Gasteiger partial charge in [0.05, 0.1) is 7.11 Å². The molecule has 0 aliphatic carbocycles. The SMILES string of the molecule is COc1ccc(N(Cc2cc(C(C)(C)C)c(O)c(C(C)(C)C)c2)Cc2cc(C(C)(C)C)c(O)c(C(C)(C)C)c2)cc1. The van der Waals surface area contributed by atoms with Crippen LogP contribution in [0.3, 0.4) is 0 Å². The topological polar surface area (TPSA) is 52.9 Å². The van der Waals surface area contributed by atoms with Crippen LogP contribution in [0.25, 0.3) is 0 Å². The molecule has 0 heterocycles. The fraction of sp³-hybridized carbons (Fsp3) is 0.514. The van der Waals surface area contributed by atoms with E-state index in [2.05, 4.69) is 124 Å². The van der Waals surface area contributed by atoms with Crippen molar-refractivity contribution < 1.29 is 14.9 Å². The van der Waals surface area contributed by atoms with E-state index < -0.39 is 0 Å². The summed E-state index contributed by atoms with van der Waals surface area (Å²) in [6.07, 6.45) is 0. The molecule has 0 saturated heterocycles. The normalized spacial score (nSPS) is 12.9. The van der Waals surface area contributed by atoms with Gasteiger partial charge in [0.15, 0.2) is 0 Å². The first-order valence-corrected chi connectivity index (χ1v) is 14.8. The highest BCUT2D eigenvalue weighted by Gasteiger charge is 2.29. The van der Waals surface area contributed by atoms with Crippen LogP contribution in [0.5, 0.6) is 17.2 Å². The summed E-state index contributed by atoms with van der Waals surface area (Å²) in [5, 5.41) is 22.6. The minimum atomic E-state index is -0.203. The summed E-state index contributed by atoms with van der Waals surface area (Å²) in [6.45, 7) is 27.1. The Kier molecular flexibility index (Phi) is 8.90. The molecule has 0 atom stereocenters. The quantitative estimate of drug-likeness (QED) is 0.316. The third kappa shape index (κ3) is 7.58. The summed E-state index contributed by atoms with van der Waals surface area (Å²) in [5.74, 6) is 1.61. The Morgan fingerprint density at radius 3 is 1.07 bits per heavy atom. The molecule has 41 heavy (non-hydrogen) atoms. The number of phenols is 2. The van der Waals surface area contributed by atoms with Gasteiger partial charge in [0.2, 0.25) is 0 Å². The Labute approximate surface area is 249 Å². The van der Waals surface area contributed by atoms with Crippen molar-refractivity contribution in [3.8, 4) is 17.2 Å². The van der Waals surface area contributed by atoms with Gasteiger partial charge in [-0.05, 0) is 104 Å². The number of phenolic OH excluding ortho intramolecular Hbond substituents is 2. The summed E-state index contributed by atoms with van der Waals surface area (Å²) >= 11 is 0. The number of nitrogens with zero attached hydrogens (tertiary/aromatic N) is 1. The highest BCUT2D eigenvalue weighted by molar-refractivity contribution is 5.55. The maximum atomic E-state index is 11.3. The van der Waals surface area contributed by atoms with E-state index in [9.17, 15) is 10.2 Å². The number of rotatable bonds is 6. The average Bonchev–Trinajstić information content (AvgIpc) is 2.82. The maximum Gasteiger partial charge on any atom is 0.123 e. The van der Waals surface area contributed by atoms with Gasteiger partial charge < -0.3 is 19.8 Å². The second-order valence-electron chi connectivity index (χ2n) is 15.6. The molecule has 0 fully saturated rings. The smallest absolute Gasteiger partial charge is 0.123 e. The predicted molar refractivity (Wildman–Crippen MR) is 174 cm³/mol. The molecular weight excluding hydrogens is 506 g/mol. The van der Waals surface area contributed by atoms with Crippen LogP contribution in [0.2, 0.25) is 0 Å². The van der Waals surface area contributed by atoms with Crippen LogP contribution < -0.4 is 9.64 Å². The van der Waals surface area contributed by atoms with Crippen LogP contribution in [0, 0.1) is 0 Å². The van der Waals surface area contributed by atoms with Crippen molar-refractivity contribution in [2.75, 3.05) is 12.0 Å². The molecule has 3 aromatic carbocycles. The van der Waals surface area contributed by atoms with Crippen molar-refractivity contribution in [2.24, 2.45) is 0 Å². The molecule has 2 N–H and O–H groups in total. The number of benzene rings is 3. The number of ether oxygens (including phenoxy) is 1. The molecule has 0 unspecified atom stereocenters. The lowest BCUT2D eigenvalue weighted by Gasteiger charge is -2.32. The Morgan fingerprint density at radius 1 is 0.537 bits per heavy atom. The van der Waals surface area contributed by atoms with E-state index in [0.29, 0.717) is 24.6 Å². The van der Waals surface area contributed by atoms with E-state index in [0.717, 1.165) is 44.8 Å². The van der Waals surface area contributed by atoms with Gasteiger partial charge in [0.1, 0.15) is 17.2 Å². The first kappa shape index (κ1) is 32.4. The van der Waals surface area contributed by atoms with Gasteiger partial charge in [-0.15, -0.1) is 0 Å². The van der Waals surface area contributed by atoms with Gasteiger partial charge >= 0.3 is 0 Å². The molecule has 0 aromatic heterocycles. The Hall–Kier alpha value is -3.14. The van der Waals surface area contributed by atoms with Crippen LogP contribution in [0.4, 0.5) is 5.69 Å². The zero-order chi connectivity index (χ0) is 31.1. The van der Waals surface area contributed by atoms with Crippen molar-refractivity contribution in [3.63, 3.8) is 0 Å². The molecule has 0 radical (unpaired) electrons. The largest absolute Gasteiger partial charge is 0.507 e. The van der Waals surface area contributed by atoms with Crippen LogP contribution in [0.1, 0.15) is 116 Å². The number of hydrogen-bond donors (Lipinski definition) is 2. The number of hydrogen-bond acceptors (Lipinski definition) is 4. The number of aromatic hydroxyl groups is 2. The lowest BCUT2D eigenvalue weighted by molar-refractivity contribution is 0.414. The van der Waals surface area contributed by atoms with E-state index >= 15 is 0 Å². The summed E-state index contributed by atoms with van der Waals surface area (Å²) in [6, 6.07) is 16.9. The van der Waals surface area contributed by atoms with Gasteiger partial charge in [-0.3, -0.25) is 0 Å². The van der Waals surface area contributed by atoms with Gasteiger partial charge in [-0.2, -0.15) is 0 Å². The van der Waals surface area contributed by atoms with Crippen molar-refractivity contribution in [3.05, 3.63) is 81.9 Å². The van der Waals surface area contributed by atoms with E-state index in [1.165, 1.54) is 0 Å². The maximum absolute atomic E-state index is 11.3. The minimum Gasteiger partial charge on any atom is -0.507 e. The van der Waals surface area contributed by atoms with Crippen molar-refractivity contribution in [2.45, 2.75) is 118 Å². The zero-order valence-corrected chi connectivity index (χ0v) is 27.8. The lowest BCUT2D eigenvalue weighted by Crippen LogP contribution is -2.25. The molecule has 0 bridgehead atoms. The first-order valence-electron chi connectivity index (χ1n) is 14.8. The second-order valence-corrected chi connectivity index (χ2v) is 15.6. The molecule has 224 valence electrons. The fourth-order valence-electron chi connectivity index (χ4n) is 5.33. The van der Waals surface area contributed by atoms with Crippen LogP contribution in [-0.2, 0) is 34.7 Å². The van der Waals surface area contributed by atoms with E-state index in [4.69, 9.17) is 4.74 Å². The van der Waals surface area contributed by atoms with Gasteiger partial charge in [0.25, 0.3) is 0 Å². The molecule has 3 rings (SSSR count). The Bertz CT molecular complexity index is 1200. The first-order chi connectivity index (χ1) is 18.6. The summed E-state index contributed by atoms with van der Waals surface area (Å²) < 4.78 is 5.45. The van der Waals surface area contributed by atoms with E-state index in [1.807, 2.05) is 12.1 Å². The molecule has 0 aliphatic heterocycles. The molecule has 4 nitrogen and oxygen atoms in total. The van der Waals surface area contributed by atoms with Gasteiger partial charge in [0, 0.05) is 18.8 Å². The van der Waals surface area contributed by atoms with Crippen LogP contribution in [-0.4, -0.2) is 17.3 Å². The zero-order valence-electron chi connectivity index (χ0n) is 27.8. The molecule has 0 aliphatic rings. The molecule has 0 spiro atoms. The Balaban J connectivity index is 2.21. The fourth-order valence-corrected chi connectivity index (χ4v) is 5.33. The van der Waals surface area contributed by atoms with E-state index in [-0.39, 0.29) is 21.7 Å². The molecule has 3 aromatic rings. The third-order valence-corrected chi connectivity index (χ3v) is 7.76. The van der Waals surface area contributed by atoms with Crippen molar-refractivity contribution in [1.82, 2.24) is 0 Å². The van der Waals surface area contributed by atoms with Crippen molar-refractivity contribution >= 4 is 5.69 Å². The second kappa shape index (κ2) is 11.3. The average molecular weight is 560 g/mol. The number of anilines is 1. The van der Waals surface area contributed by atoms with Crippen molar-refractivity contribution in [1.29, 1.82) is 0 Å². The highest BCUT2D eigenvalue weighted by Crippen LogP contribution is 2.42. The molecular formula is C37H53NO3. The molecule has 4 heteroatoms. The standard InChI is InChI=1S/C37H53NO3/c1-34(2,3)28-18-24(19-29(32(28)39)35(4,5)6)22-38(26-14-16-27(41-13)17-15-26)23-25-20-30(36(7,8)9)33(40)31(21-25)37(10,11)12/h14-21,39-40H,22-23H2,1-13H3. The molecule has 0 saturated carbocycles. The third-order valence-electron chi connectivity index (χ3n) is 7.76. The van der Waals surface area contributed by atoms with Gasteiger partial charge in [-0.1, -0.05) is 83.1 Å². The highest BCUT2D eigenvalue weighted by atomic mass is 16.5. The van der Waals surface area contributed by atoms with Gasteiger partial charge in [-0.25, -0.2) is 0 Å². The number of methoxy groups -OCH3 is 1. The predicted octanol–water partition coefficient (Wildman–Crippen LogP) is 9.50.